The molecule has 2 rings (SSSR count). The normalized spacial score (nSPS) is 11.6. The van der Waals surface area contributed by atoms with E-state index in [4.69, 9.17) is 4.74 Å². The SMILES string of the molecule is CCc1ccccc1Nc1ncc(C(F)(F)F)c(OCC(C)C)n1. The lowest BCUT2D eigenvalue weighted by molar-refractivity contribution is -0.139. The maximum absolute atomic E-state index is 13.1. The zero-order chi connectivity index (χ0) is 17.7. The molecule has 0 atom stereocenters. The van der Waals surface area contributed by atoms with Crippen LogP contribution in [0.1, 0.15) is 31.9 Å². The number of nitrogens with one attached hydrogen (secondary N) is 1. The smallest absolute Gasteiger partial charge is 0.423 e. The number of aromatic nitrogens is 2. The summed E-state index contributed by atoms with van der Waals surface area (Å²) in [7, 11) is 0. The van der Waals surface area contributed by atoms with Gasteiger partial charge in [-0.25, -0.2) is 4.98 Å². The van der Waals surface area contributed by atoms with Gasteiger partial charge in [0.2, 0.25) is 11.8 Å². The Morgan fingerprint density at radius 3 is 2.54 bits per heavy atom. The largest absolute Gasteiger partial charge is 0.477 e. The molecule has 2 aromatic rings. The average Bonchev–Trinajstić information content (AvgIpc) is 2.52. The fraction of sp³-hybridized carbons (Fsp3) is 0.412. The Balaban J connectivity index is 2.33. The molecule has 0 amide bonds. The van der Waals surface area contributed by atoms with E-state index in [-0.39, 0.29) is 18.5 Å². The number of anilines is 2. The number of para-hydroxylation sites is 1. The number of aryl methyl sites for hydroxylation is 1. The molecule has 1 aromatic heterocycles. The van der Waals surface area contributed by atoms with Crippen molar-refractivity contribution in [3.63, 3.8) is 0 Å². The highest BCUT2D eigenvalue weighted by molar-refractivity contribution is 5.58. The lowest BCUT2D eigenvalue weighted by Gasteiger charge is -2.15. The minimum atomic E-state index is -4.56. The van der Waals surface area contributed by atoms with E-state index in [1.165, 1.54) is 0 Å². The minimum absolute atomic E-state index is 0.0719. The topological polar surface area (TPSA) is 47.0 Å². The molecule has 0 saturated heterocycles. The zero-order valence-electron chi connectivity index (χ0n) is 13.8. The summed E-state index contributed by atoms with van der Waals surface area (Å²) in [5.74, 6) is -0.302. The summed E-state index contributed by atoms with van der Waals surface area (Å²) in [5, 5.41) is 2.96. The number of hydrogen-bond acceptors (Lipinski definition) is 4. The summed E-state index contributed by atoms with van der Waals surface area (Å²) < 4.78 is 44.5. The van der Waals surface area contributed by atoms with Crippen LogP contribution in [-0.4, -0.2) is 16.6 Å². The first-order valence-corrected chi connectivity index (χ1v) is 7.73. The van der Waals surface area contributed by atoms with Gasteiger partial charge < -0.3 is 10.1 Å². The van der Waals surface area contributed by atoms with Crippen molar-refractivity contribution < 1.29 is 17.9 Å². The third kappa shape index (κ3) is 4.59. The van der Waals surface area contributed by atoms with Crippen LogP contribution in [-0.2, 0) is 12.6 Å². The van der Waals surface area contributed by atoms with Crippen LogP contribution in [0.3, 0.4) is 0 Å². The number of halogens is 3. The van der Waals surface area contributed by atoms with Crippen molar-refractivity contribution in [3.05, 3.63) is 41.6 Å². The van der Waals surface area contributed by atoms with Crippen molar-refractivity contribution in [2.24, 2.45) is 5.92 Å². The molecule has 0 radical (unpaired) electrons. The summed E-state index contributed by atoms with van der Waals surface area (Å²) in [6, 6.07) is 7.49. The first-order chi connectivity index (χ1) is 11.3. The molecule has 0 unspecified atom stereocenters. The lowest BCUT2D eigenvalue weighted by atomic mass is 10.1. The van der Waals surface area contributed by atoms with E-state index in [1.54, 1.807) is 0 Å². The third-order valence-electron chi connectivity index (χ3n) is 3.26. The van der Waals surface area contributed by atoms with E-state index < -0.39 is 17.6 Å². The van der Waals surface area contributed by atoms with Gasteiger partial charge >= 0.3 is 6.18 Å². The van der Waals surface area contributed by atoms with Gasteiger partial charge in [-0.3, -0.25) is 0 Å². The van der Waals surface area contributed by atoms with E-state index in [2.05, 4.69) is 15.3 Å². The number of alkyl halides is 3. The van der Waals surface area contributed by atoms with Gasteiger partial charge in [0.05, 0.1) is 6.61 Å². The third-order valence-corrected chi connectivity index (χ3v) is 3.26. The highest BCUT2D eigenvalue weighted by Crippen LogP contribution is 2.35. The molecule has 4 nitrogen and oxygen atoms in total. The van der Waals surface area contributed by atoms with E-state index in [1.807, 2.05) is 45.0 Å². The van der Waals surface area contributed by atoms with E-state index in [9.17, 15) is 13.2 Å². The van der Waals surface area contributed by atoms with Crippen molar-refractivity contribution in [1.82, 2.24) is 9.97 Å². The molecule has 24 heavy (non-hydrogen) atoms. The zero-order valence-corrected chi connectivity index (χ0v) is 13.8. The molecule has 7 heteroatoms. The van der Waals surface area contributed by atoms with Crippen LogP contribution in [0.5, 0.6) is 5.88 Å². The second kappa shape index (κ2) is 7.51. The van der Waals surface area contributed by atoms with Crippen LogP contribution in [0.25, 0.3) is 0 Å². The van der Waals surface area contributed by atoms with Gasteiger partial charge in [-0.05, 0) is 24.0 Å². The fourth-order valence-corrected chi connectivity index (χ4v) is 2.05. The first kappa shape index (κ1) is 18.0. The number of benzene rings is 1. The van der Waals surface area contributed by atoms with Gasteiger partial charge in [0.15, 0.2) is 0 Å². The molecule has 0 saturated carbocycles. The summed E-state index contributed by atoms with van der Waals surface area (Å²) in [5.41, 5.74) is 0.803. The Bertz CT molecular complexity index is 687. The van der Waals surface area contributed by atoms with Crippen LogP contribution in [0, 0.1) is 5.92 Å². The summed E-state index contributed by atoms with van der Waals surface area (Å²) >= 11 is 0. The van der Waals surface area contributed by atoms with Gasteiger partial charge in [-0.1, -0.05) is 39.0 Å². The number of nitrogens with zero attached hydrogens (tertiary/aromatic N) is 2. The van der Waals surface area contributed by atoms with E-state index in [0.29, 0.717) is 0 Å². The van der Waals surface area contributed by atoms with Gasteiger partial charge in [-0.2, -0.15) is 18.2 Å². The van der Waals surface area contributed by atoms with Crippen molar-refractivity contribution in [1.29, 1.82) is 0 Å². The molecule has 1 heterocycles. The molecular weight excluding hydrogens is 319 g/mol. The Morgan fingerprint density at radius 2 is 1.92 bits per heavy atom. The van der Waals surface area contributed by atoms with Crippen LogP contribution >= 0.6 is 0 Å². The Kier molecular flexibility index (Phi) is 5.64. The number of rotatable bonds is 6. The van der Waals surface area contributed by atoms with Gasteiger partial charge in [0.1, 0.15) is 5.56 Å². The molecule has 0 aliphatic carbocycles. The Morgan fingerprint density at radius 1 is 1.21 bits per heavy atom. The van der Waals surface area contributed by atoms with Crippen LogP contribution < -0.4 is 10.1 Å². The van der Waals surface area contributed by atoms with Crippen molar-refractivity contribution in [3.8, 4) is 5.88 Å². The lowest BCUT2D eigenvalue weighted by Crippen LogP contribution is -2.14. The first-order valence-electron chi connectivity index (χ1n) is 7.73. The highest BCUT2D eigenvalue weighted by atomic mass is 19.4. The Labute approximate surface area is 139 Å². The Hall–Kier alpha value is -2.31. The number of hydrogen-bond donors (Lipinski definition) is 1. The second-order valence-corrected chi connectivity index (χ2v) is 5.75. The summed E-state index contributed by atoms with van der Waals surface area (Å²) in [4.78, 5) is 7.70. The summed E-state index contributed by atoms with van der Waals surface area (Å²) in [6.07, 6.45) is -3.04. The molecule has 0 aliphatic heterocycles. The van der Waals surface area contributed by atoms with E-state index in [0.717, 1.165) is 23.9 Å². The quantitative estimate of drug-likeness (QED) is 0.818. The monoisotopic (exact) mass is 339 g/mol. The molecule has 0 aliphatic rings. The standard InChI is InChI=1S/C17H20F3N3O/c1-4-12-7-5-6-8-14(12)22-16-21-9-13(17(18,19)20)15(23-16)24-10-11(2)3/h5-9,11H,4,10H2,1-3H3,(H,21,22,23). The van der Waals surface area contributed by atoms with Gasteiger partial charge in [-0.15, -0.1) is 0 Å². The number of ether oxygens (including phenoxy) is 1. The summed E-state index contributed by atoms with van der Waals surface area (Å²) in [6.45, 7) is 5.84. The van der Waals surface area contributed by atoms with Gasteiger partial charge in [0, 0.05) is 11.9 Å². The van der Waals surface area contributed by atoms with Crippen molar-refractivity contribution >= 4 is 11.6 Å². The second-order valence-electron chi connectivity index (χ2n) is 5.75. The van der Waals surface area contributed by atoms with E-state index >= 15 is 0 Å². The predicted octanol–water partition coefficient (Wildman–Crippen LogP) is 4.84. The maximum Gasteiger partial charge on any atom is 0.423 e. The average molecular weight is 339 g/mol. The highest BCUT2D eigenvalue weighted by Gasteiger charge is 2.36. The molecular formula is C17H20F3N3O. The molecule has 1 N–H and O–H groups in total. The van der Waals surface area contributed by atoms with Crippen molar-refractivity contribution in [2.45, 2.75) is 33.4 Å². The van der Waals surface area contributed by atoms with Crippen LogP contribution in [0.2, 0.25) is 0 Å². The molecule has 130 valence electrons. The molecule has 1 aromatic carbocycles. The fourth-order valence-electron chi connectivity index (χ4n) is 2.05. The molecule has 0 bridgehead atoms. The maximum atomic E-state index is 13.1. The van der Waals surface area contributed by atoms with Crippen molar-refractivity contribution in [2.75, 3.05) is 11.9 Å². The van der Waals surface area contributed by atoms with Crippen LogP contribution in [0.4, 0.5) is 24.8 Å². The molecule has 0 spiro atoms. The minimum Gasteiger partial charge on any atom is -0.477 e. The van der Waals surface area contributed by atoms with Gasteiger partial charge in [0.25, 0.3) is 0 Å². The molecule has 0 fully saturated rings. The van der Waals surface area contributed by atoms with Crippen LogP contribution in [0.15, 0.2) is 30.5 Å². The predicted molar refractivity (Wildman–Crippen MR) is 86.5 cm³/mol.